The second-order valence-corrected chi connectivity index (χ2v) is 4.75. The number of pyridine rings is 1. The summed E-state index contributed by atoms with van der Waals surface area (Å²) in [6.45, 7) is 0.413. The van der Waals surface area contributed by atoms with Gasteiger partial charge >= 0.3 is 6.30 Å². The molecule has 6 heteroatoms. The first-order chi connectivity index (χ1) is 8.54. The molecule has 1 atom stereocenters. The average molecular weight is 258 g/mol. The lowest BCUT2D eigenvalue weighted by atomic mass is 9.85. The molecular formula is C12H13F3N2O. The Morgan fingerprint density at radius 2 is 2.22 bits per heavy atom. The first-order valence-corrected chi connectivity index (χ1v) is 5.91. The molecule has 3 nitrogen and oxygen atoms in total. The fraction of sp³-hybridized carbons (Fsp3) is 0.583. The topological polar surface area (TPSA) is 25.4 Å². The minimum Gasteiger partial charge on any atom is -0.373 e. The molecule has 1 saturated heterocycles. The fourth-order valence-corrected chi connectivity index (χ4v) is 3.05. The number of rotatable bonds is 0. The highest BCUT2D eigenvalue weighted by molar-refractivity contribution is 5.32. The average Bonchev–Trinajstić information content (AvgIpc) is 2.74. The smallest absolute Gasteiger partial charge is 0.373 e. The number of alkyl halides is 3. The van der Waals surface area contributed by atoms with Crippen LogP contribution in [-0.4, -0.2) is 29.3 Å². The zero-order chi connectivity index (χ0) is 12.8. The van der Waals surface area contributed by atoms with Crippen LogP contribution in [0.2, 0.25) is 0 Å². The van der Waals surface area contributed by atoms with Crippen molar-refractivity contribution < 1.29 is 17.9 Å². The van der Waals surface area contributed by atoms with E-state index in [1.807, 2.05) is 0 Å². The van der Waals surface area contributed by atoms with Crippen LogP contribution in [0.1, 0.15) is 24.1 Å². The van der Waals surface area contributed by atoms with Crippen LogP contribution in [0.25, 0.3) is 0 Å². The van der Waals surface area contributed by atoms with Gasteiger partial charge in [-0.15, -0.1) is 0 Å². The van der Waals surface area contributed by atoms with Crippen molar-refractivity contribution in [1.29, 1.82) is 0 Å². The molecule has 1 unspecified atom stereocenters. The number of halogens is 3. The van der Waals surface area contributed by atoms with Crippen LogP contribution >= 0.6 is 0 Å². The number of hydrogen-bond acceptors (Lipinski definition) is 3. The van der Waals surface area contributed by atoms with Crippen molar-refractivity contribution in [1.82, 2.24) is 9.88 Å². The van der Waals surface area contributed by atoms with Gasteiger partial charge in [0, 0.05) is 12.7 Å². The molecule has 1 spiro atoms. The van der Waals surface area contributed by atoms with E-state index in [0.29, 0.717) is 35.6 Å². The third-order valence-corrected chi connectivity index (χ3v) is 3.77. The highest BCUT2D eigenvalue weighted by Crippen LogP contribution is 2.47. The second kappa shape index (κ2) is 3.93. The predicted molar refractivity (Wildman–Crippen MR) is 57.6 cm³/mol. The molecule has 3 heterocycles. The third kappa shape index (κ3) is 1.63. The molecule has 0 radical (unpaired) electrons. The Hall–Kier alpha value is -1.14. The number of hydrogen-bond donors (Lipinski definition) is 0. The lowest BCUT2D eigenvalue weighted by molar-refractivity contribution is -0.277. The van der Waals surface area contributed by atoms with Crippen LogP contribution in [0.4, 0.5) is 13.2 Å². The first-order valence-electron chi connectivity index (χ1n) is 5.91. The summed E-state index contributed by atoms with van der Waals surface area (Å²) in [7, 11) is 0. The van der Waals surface area contributed by atoms with Gasteiger partial charge in [0.05, 0.1) is 24.4 Å². The lowest BCUT2D eigenvalue weighted by Gasteiger charge is -2.42. The summed E-state index contributed by atoms with van der Waals surface area (Å²) in [4.78, 5) is 4.75. The maximum Gasteiger partial charge on any atom is 0.460 e. The number of nitrogens with zero attached hydrogens (tertiary/aromatic N) is 2. The molecule has 0 bridgehead atoms. The van der Waals surface area contributed by atoms with E-state index in [1.54, 1.807) is 18.3 Å². The van der Waals surface area contributed by atoms with E-state index >= 15 is 0 Å². The molecule has 3 rings (SSSR count). The first kappa shape index (κ1) is 11.9. The normalized spacial score (nSPS) is 28.6. The highest BCUT2D eigenvalue weighted by Gasteiger charge is 2.56. The van der Waals surface area contributed by atoms with Crippen molar-refractivity contribution >= 4 is 0 Å². The number of aromatic nitrogens is 1. The Balaban J connectivity index is 2.10. The summed E-state index contributed by atoms with van der Waals surface area (Å²) in [5, 5.41) is 0. The largest absolute Gasteiger partial charge is 0.460 e. The van der Waals surface area contributed by atoms with Crippen molar-refractivity contribution in [2.45, 2.75) is 31.3 Å². The van der Waals surface area contributed by atoms with Crippen molar-refractivity contribution in [2.24, 2.45) is 0 Å². The molecule has 0 aliphatic carbocycles. The number of likely N-dealkylation sites (tertiary alicyclic amines) is 1. The quantitative estimate of drug-likeness (QED) is 0.668. The highest BCUT2D eigenvalue weighted by atomic mass is 19.4. The monoisotopic (exact) mass is 258 g/mol. The van der Waals surface area contributed by atoms with Gasteiger partial charge in [-0.1, -0.05) is 6.07 Å². The van der Waals surface area contributed by atoms with Gasteiger partial charge in [0.15, 0.2) is 0 Å². The lowest BCUT2D eigenvalue weighted by Crippen LogP contribution is -2.53. The van der Waals surface area contributed by atoms with E-state index in [1.165, 1.54) is 0 Å². The Labute approximate surface area is 103 Å². The standard InChI is InChI=1S/C12H13F3N2O/c13-12(14,15)17-6-2-4-11(17)8-18-7-10-9(11)3-1-5-16-10/h1,3,5H,2,4,6-8H2. The molecule has 98 valence electrons. The fourth-order valence-electron chi connectivity index (χ4n) is 3.05. The summed E-state index contributed by atoms with van der Waals surface area (Å²) in [5.74, 6) is 0. The van der Waals surface area contributed by atoms with Gasteiger partial charge in [0.25, 0.3) is 0 Å². The number of fused-ring (bicyclic) bond motifs is 2. The van der Waals surface area contributed by atoms with Crippen molar-refractivity contribution in [3.8, 4) is 0 Å². The van der Waals surface area contributed by atoms with E-state index in [-0.39, 0.29) is 13.2 Å². The van der Waals surface area contributed by atoms with E-state index in [4.69, 9.17) is 4.74 Å². The molecule has 2 aliphatic heterocycles. The summed E-state index contributed by atoms with van der Waals surface area (Å²) in [6.07, 6.45) is -1.75. The Kier molecular flexibility index (Phi) is 2.60. The van der Waals surface area contributed by atoms with Crippen LogP contribution in [0.15, 0.2) is 18.3 Å². The van der Waals surface area contributed by atoms with Crippen molar-refractivity contribution in [3.05, 3.63) is 29.6 Å². The van der Waals surface area contributed by atoms with Gasteiger partial charge < -0.3 is 4.74 Å². The minimum atomic E-state index is -4.33. The molecule has 1 aromatic rings. The summed E-state index contributed by atoms with van der Waals surface area (Å²) < 4.78 is 44.8. The predicted octanol–water partition coefficient (Wildman–Crippen LogP) is 2.42. The van der Waals surface area contributed by atoms with E-state index < -0.39 is 11.8 Å². The molecule has 0 N–H and O–H groups in total. The maximum absolute atomic E-state index is 13.1. The maximum atomic E-state index is 13.1. The Morgan fingerprint density at radius 3 is 3.00 bits per heavy atom. The SMILES string of the molecule is FC(F)(F)N1CCCC12COCc1ncccc12. The van der Waals surface area contributed by atoms with Crippen molar-refractivity contribution in [3.63, 3.8) is 0 Å². The summed E-state index contributed by atoms with van der Waals surface area (Å²) >= 11 is 0. The van der Waals surface area contributed by atoms with Crippen molar-refractivity contribution in [2.75, 3.05) is 13.2 Å². The Morgan fingerprint density at radius 1 is 1.39 bits per heavy atom. The van der Waals surface area contributed by atoms with Gasteiger partial charge in [-0.3, -0.25) is 4.98 Å². The van der Waals surface area contributed by atoms with Gasteiger partial charge in [-0.2, -0.15) is 13.2 Å². The molecule has 1 aromatic heterocycles. The zero-order valence-electron chi connectivity index (χ0n) is 9.70. The summed E-state index contributed by atoms with van der Waals surface area (Å²) in [6, 6.07) is 3.44. The van der Waals surface area contributed by atoms with E-state index in [0.717, 1.165) is 0 Å². The second-order valence-electron chi connectivity index (χ2n) is 4.75. The van der Waals surface area contributed by atoms with Gasteiger partial charge in [-0.05, 0) is 24.5 Å². The van der Waals surface area contributed by atoms with Crippen LogP contribution in [0.5, 0.6) is 0 Å². The molecular weight excluding hydrogens is 245 g/mol. The van der Waals surface area contributed by atoms with E-state index in [2.05, 4.69) is 4.98 Å². The summed E-state index contributed by atoms with van der Waals surface area (Å²) in [5.41, 5.74) is 0.228. The van der Waals surface area contributed by atoms with Gasteiger partial charge in [0.2, 0.25) is 0 Å². The van der Waals surface area contributed by atoms with Crippen LogP contribution in [0.3, 0.4) is 0 Å². The zero-order valence-corrected chi connectivity index (χ0v) is 9.70. The molecule has 1 fully saturated rings. The molecule has 0 aromatic carbocycles. The third-order valence-electron chi connectivity index (χ3n) is 3.77. The van der Waals surface area contributed by atoms with E-state index in [9.17, 15) is 13.2 Å². The van der Waals surface area contributed by atoms with Crippen LogP contribution < -0.4 is 0 Å². The molecule has 0 amide bonds. The van der Waals surface area contributed by atoms with Gasteiger partial charge in [-0.25, -0.2) is 4.90 Å². The van der Waals surface area contributed by atoms with Crippen LogP contribution in [-0.2, 0) is 16.9 Å². The van der Waals surface area contributed by atoms with Gasteiger partial charge in [0.1, 0.15) is 0 Å². The molecule has 0 saturated carbocycles. The molecule has 2 aliphatic rings. The van der Waals surface area contributed by atoms with Crippen LogP contribution in [0, 0.1) is 0 Å². The minimum absolute atomic E-state index is 0.0290. The number of ether oxygens (including phenoxy) is 1. The Bertz CT molecular complexity index is 463. The molecule has 18 heavy (non-hydrogen) atoms.